The highest BCUT2D eigenvalue weighted by atomic mass is 79.9. The second kappa shape index (κ2) is 11.4. The second-order valence-corrected chi connectivity index (χ2v) is 8.84. The molecule has 3 rings (SSSR count). The van der Waals surface area contributed by atoms with Crippen molar-refractivity contribution < 1.29 is 19.4 Å². The molecule has 31 heavy (non-hydrogen) atoms. The Morgan fingerprint density at radius 2 is 1.97 bits per heavy atom. The molecule has 1 aliphatic carbocycles. The molecule has 0 saturated heterocycles. The number of nitrogens with one attached hydrogen (secondary N) is 1. The third kappa shape index (κ3) is 6.87. The van der Waals surface area contributed by atoms with Crippen LogP contribution in [0, 0.1) is 0 Å². The van der Waals surface area contributed by atoms with E-state index >= 15 is 0 Å². The molecule has 2 N–H and O–H groups in total. The molecule has 1 heterocycles. The summed E-state index contributed by atoms with van der Waals surface area (Å²) in [5.74, 6) is -0.880. The molecule has 1 aliphatic rings. The quantitative estimate of drug-likeness (QED) is 0.412. The zero-order chi connectivity index (χ0) is 22.1. The molecule has 1 aromatic heterocycles. The molecule has 0 atom stereocenters. The lowest BCUT2D eigenvalue weighted by molar-refractivity contribution is -0.142. The minimum atomic E-state index is -1.00. The second-order valence-electron chi connectivity index (χ2n) is 7.99. The van der Waals surface area contributed by atoms with Gasteiger partial charge >= 0.3 is 5.97 Å². The first-order chi connectivity index (χ1) is 15.0. The van der Waals surface area contributed by atoms with E-state index in [0.717, 1.165) is 56.0 Å². The SMILES string of the molecule is O=C(O)COCc1cn(CCCCCCC(=O)NC2(c3ccccc3Br)CCC2)nn1. The molecule has 0 aliphatic heterocycles. The van der Waals surface area contributed by atoms with Crippen molar-refractivity contribution in [3.63, 3.8) is 0 Å². The average Bonchev–Trinajstić information content (AvgIpc) is 3.15. The molecule has 1 saturated carbocycles. The number of hydrogen-bond acceptors (Lipinski definition) is 5. The van der Waals surface area contributed by atoms with E-state index in [1.54, 1.807) is 10.9 Å². The molecule has 2 aromatic rings. The van der Waals surface area contributed by atoms with E-state index in [4.69, 9.17) is 9.84 Å². The Hall–Kier alpha value is -2.26. The summed E-state index contributed by atoms with van der Waals surface area (Å²) in [6.45, 7) is 0.538. The number of benzene rings is 1. The van der Waals surface area contributed by atoms with Crippen LogP contribution in [0.2, 0.25) is 0 Å². The van der Waals surface area contributed by atoms with Gasteiger partial charge in [0.1, 0.15) is 12.3 Å². The molecule has 0 unspecified atom stereocenters. The predicted octanol–water partition coefficient (Wildman–Crippen LogP) is 3.79. The smallest absolute Gasteiger partial charge is 0.329 e. The molecule has 9 heteroatoms. The molecule has 8 nitrogen and oxygen atoms in total. The lowest BCUT2D eigenvalue weighted by Gasteiger charge is -2.43. The zero-order valence-electron chi connectivity index (χ0n) is 17.6. The summed E-state index contributed by atoms with van der Waals surface area (Å²) in [5, 5.41) is 19.8. The molecule has 0 radical (unpaired) electrons. The molecule has 1 amide bonds. The number of aryl methyl sites for hydroxylation is 1. The van der Waals surface area contributed by atoms with E-state index in [0.29, 0.717) is 12.1 Å². The van der Waals surface area contributed by atoms with Gasteiger partial charge < -0.3 is 15.2 Å². The van der Waals surface area contributed by atoms with Gasteiger partial charge in [-0.25, -0.2) is 4.79 Å². The van der Waals surface area contributed by atoms with Gasteiger partial charge in [0.25, 0.3) is 0 Å². The maximum Gasteiger partial charge on any atom is 0.329 e. The van der Waals surface area contributed by atoms with Crippen LogP contribution in [0.4, 0.5) is 0 Å². The molecule has 0 bridgehead atoms. The number of unbranched alkanes of at least 4 members (excludes halogenated alkanes) is 3. The van der Waals surface area contributed by atoms with Crippen molar-refractivity contribution in [1.82, 2.24) is 20.3 Å². The van der Waals surface area contributed by atoms with Gasteiger partial charge in [-0.2, -0.15) is 0 Å². The highest BCUT2D eigenvalue weighted by Crippen LogP contribution is 2.44. The van der Waals surface area contributed by atoms with Crippen molar-refractivity contribution in [2.24, 2.45) is 0 Å². The van der Waals surface area contributed by atoms with Gasteiger partial charge in [0, 0.05) is 17.4 Å². The Kier molecular flexibility index (Phi) is 8.60. The predicted molar refractivity (Wildman–Crippen MR) is 118 cm³/mol. The first-order valence-electron chi connectivity index (χ1n) is 10.7. The first kappa shape index (κ1) is 23.4. The number of carbonyl (C=O) groups is 2. The number of amides is 1. The Labute approximate surface area is 190 Å². The summed E-state index contributed by atoms with van der Waals surface area (Å²) < 4.78 is 7.80. The Bertz CT molecular complexity index is 882. The van der Waals surface area contributed by atoms with Gasteiger partial charge in [-0.05, 0) is 43.7 Å². The summed E-state index contributed by atoms with van der Waals surface area (Å²) in [6.07, 6.45) is 9.23. The van der Waals surface area contributed by atoms with E-state index in [1.807, 2.05) is 18.2 Å². The number of carbonyl (C=O) groups excluding carboxylic acids is 1. The fourth-order valence-electron chi connectivity index (χ4n) is 3.84. The summed E-state index contributed by atoms with van der Waals surface area (Å²) in [6, 6.07) is 8.14. The average molecular weight is 493 g/mol. The van der Waals surface area contributed by atoms with Gasteiger partial charge in [-0.1, -0.05) is 52.2 Å². The normalized spacial score (nSPS) is 14.7. The number of ether oxygens (including phenoxy) is 1. The maximum atomic E-state index is 12.5. The Balaban J connectivity index is 1.31. The van der Waals surface area contributed by atoms with Crippen molar-refractivity contribution in [3.05, 3.63) is 46.2 Å². The highest BCUT2D eigenvalue weighted by molar-refractivity contribution is 9.10. The van der Waals surface area contributed by atoms with Crippen LogP contribution in [-0.2, 0) is 33.0 Å². The van der Waals surface area contributed by atoms with Crippen LogP contribution in [0.15, 0.2) is 34.9 Å². The van der Waals surface area contributed by atoms with Gasteiger partial charge in [-0.15, -0.1) is 5.10 Å². The number of rotatable bonds is 13. The summed E-state index contributed by atoms with van der Waals surface area (Å²) in [5.41, 5.74) is 1.58. The topological polar surface area (TPSA) is 106 Å². The number of nitrogens with zero attached hydrogens (tertiary/aromatic N) is 3. The number of aliphatic carboxylic acids is 1. The van der Waals surface area contributed by atoms with Crippen LogP contribution in [0.25, 0.3) is 0 Å². The Morgan fingerprint density at radius 3 is 2.68 bits per heavy atom. The van der Waals surface area contributed by atoms with Crippen LogP contribution < -0.4 is 5.32 Å². The molecular formula is C22H29BrN4O4. The van der Waals surface area contributed by atoms with Crippen LogP contribution in [0.3, 0.4) is 0 Å². The van der Waals surface area contributed by atoms with Crippen LogP contribution >= 0.6 is 15.9 Å². The summed E-state index contributed by atoms with van der Waals surface area (Å²) in [7, 11) is 0. The monoisotopic (exact) mass is 492 g/mol. The number of carboxylic acid groups (broad SMARTS) is 1. The number of hydrogen-bond donors (Lipinski definition) is 2. The van der Waals surface area contributed by atoms with Gasteiger partial charge in [0.15, 0.2) is 0 Å². The minimum absolute atomic E-state index is 0.123. The van der Waals surface area contributed by atoms with Crippen molar-refractivity contribution >= 4 is 27.8 Å². The van der Waals surface area contributed by atoms with Crippen molar-refractivity contribution in [3.8, 4) is 0 Å². The molecule has 1 aromatic carbocycles. The summed E-state index contributed by atoms with van der Waals surface area (Å²) >= 11 is 3.62. The van der Waals surface area contributed by atoms with Crippen LogP contribution in [0.1, 0.15) is 62.6 Å². The molecule has 0 spiro atoms. The van der Waals surface area contributed by atoms with Gasteiger partial charge in [-0.3, -0.25) is 9.48 Å². The van der Waals surface area contributed by atoms with Gasteiger partial charge in [0.2, 0.25) is 5.91 Å². The van der Waals surface area contributed by atoms with E-state index in [2.05, 4.69) is 37.6 Å². The molecule has 1 fully saturated rings. The van der Waals surface area contributed by atoms with Gasteiger partial charge in [0.05, 0.1) is 18.3 Å². The van der Waals surface area contributed by atoms with E-state index < -0.39 is 5.97 Å². The van der Waals surface area contributed by atoms with E-state index in [1.165, 1.54) is 5.56 Å². The number of carboxylic acids is 1. The fraction of sp³-hybridized carbons (Fsp3) is 0.545. The van der Waals surface area contributed by atoms with Crippen LogP contribution in [-0.4, -0.2) is 38.6 Å². The van der Waals surface area contributed by atoms with Crippen LogP contribution in [0.5, 0.6) is 0 Å². The first-order valence-corrected chi connectivity index (χ1v) is 11.5. The van der Waals surface area contributed by atoms with Crippen molar-refractivity contribution in [1.29, 1.82) is 0 Å². The largest absolute Gasteiger partial charge is 0.480 e. The Morgan fingerprint density at radius 1 is 1.19 bits per heavy atom. The maximum absolute atomic E-state index is 12.5. The number of halogens is 1. The fourth-order valence-corrected chi connectivity index (χ4v) is 4.50. The van der Waals surface area contributed by atoms with E-state index in [-0.39, 0.29) is 24.7 Å². The lowest BCUT2D eigenvalue weighted by Crippen LogP contribution is -2.50. The van der Waals surface area contributed by atoms with Crippen molar-refractivity contribution in [2.75, 3.05) is 6.61 Å². The zero-order valence-corrected chi connectivity index (χ0v) is 19.1. The van der Waals surface area contributed by atoms with Crippen molar-refractivity contribution in [2.45, 2.75) is 70.1 Å². The molecular weight excluding hydrogens is 464 g/mol. The summed E-state index contributed by atoms with van der Waals surface area (Å²) in [4.78, 5) is 23.0. The number of aromatic nitrogens is 3. The standard InChI is InChI=1S/C22H29BrN4O4/c23-19-9-5-4-8-18(19)22(11-7-12-22)24-20(28)10-3-1-2-6-13-27-14-17(25-26-27)15-31-16-21(29)30/h4-5,8-9,14H,1-3,6-7,10-13,15-16H2,(H,24,28)(H,29,30). The lowest BCUT2D eigenvalue weighted by atomic mass is 9.71. The highest BCUT2D eigenvalue weighted by Gasteiger charge is 2.40. The third-order valence-electron chi connectivity index (χ3n) is 5.58. The van der Waals surface area contributed by atoms with E-state index in [9.17, 15) is 9.59 Å². The minimum Gasteiger partial charge on any atom is -0.480 e. The molecule has 168 valence electrons. The third-order valence-corrected chi connectivity index (χ3v) is 6.27.